The fourth-order valence-electron chi connectivity index (χ4n) is 9.42. The van der Waals surface area contributed by atoms with Crippen LogP contribution in [0.2, 0.25) is 0 Å². The number of nitriles is 1. The predicted octanol–water partition coefficient (Wildman–Crippen LogP) is 1.85. The van der Waals surface area contributed by atoms with Crippen LogP contribution in [0.4, 0.5) is 20.2 Å². The third-order valence-electron chi connectivity index (χ3n) is 13.8. The summed E-state index contributed by atoms with van der Waals surface area (Å²) >= 11 is 0. The number of likely N-dealkylation sites (tertiary alicyclic amines) is 1. The van der Waals surface area contributed by atoms with Crippen molar-refractivity contribution in [2.24, 2.45) is 0 Å². The third kappa shape index (κ3) is 19.2. The third-order valence-corrected chi connectivity index (χ3v) is 13.8. The van der Waals surface area contributed by atoms with Crippen molar-refractivity contribution in [1.29, 1.82) is 5.26 Å². The minimum atomic E-state index is -3.23. The molecule has 4 aromatic rings. The number of benzene rings is 3. The summed E-state index contributed by atoms with van der Waals surface area (Å²) in [4.78, 5) is 114. The molecule has 2 aliphatic rings. The second-order valence-electron chi connectivity index (χ2n) is 20.1. The van der Waals surface area contributed by atoms with E-state index in [0.717, 1.165) is 27.2 Å². The molecule has 6 rings (SSSR count). The number of pyridine rings is 1. The number of carbonyl (C=O) groups excluding carboxylic acids is 5. The van der Waals surface area contributed by atoms with Crippen LogP contribution in [-0.2, 0) is 33.6 Å². The van der Waals surface area contributed by atoms with Crippen molar-refractivity contribution in [2.45, 2.75) is 57.5 Å². The van der Waals surface area contributed by atoms with Crippen LogP contribution in [0, 0.1) is 25.2 Å². The quantitative estimate of drug-likeness (QED) is 0.0388. The number of aromatic nitrogens is 1. The van der Waals surface area contributed by atoms with Crippen LogP contribution < -0.4 is 31.7 Å². The van der Waals surface area contributed by atoms with E-state index in [1.807, 2.05) is 44.2 Å². The van der Waals surface area contributed by atoms with Gasteiger partial charge in [0.05, 0.1) is 56.4 Å². The monoisotopic (exact) mass is 1130 g/mol. The van der Waals surface area contributed by atoms with Gasteiger partial charge in [-0.05, 0) is 104 Å². The zero-order valence-corrected chi connectivity index (χ0v) is 45.1. The van der Waals surface area contributed by atoms with Gasteiger partial charge in [0.15, 0.2) is 6.61 Å². The molecule has 2 aliphatic heterocycles. The molecule has 5 amide bonds. The highest BCUT2D eigenvalue weighted by Gasteiger charge is 2.47. The number of ether oxygens (including phenoxy) is 1. The average Bonchev–Trinajstić information content (AvgIpc) is 3.81. The van der Waals surface area contributed by atoms with Gasteiger partial charge in [-0.2, -0.15) is 5.26 Å². The number of hydrogen-bond donors (Lipinski definition) is 8. The lowest BCUT2D eigenvalue weighted by Gasteiger charge is -2.32. The Morgan fingerprint density at radius 3 is 1.90 bits per heavy atom. The van der Waals surface area contributed by atoms with E-state index in [4.69, 9.17) is 10.5 Å². The van der Waals surface area contributed by atoms with E-state index in [2.05, 4.69) is 26.3 Å². The summed E-state index contributed by atoms with van der Waals surface area (Å²) in [5, 5.41) is 49.2. The molecule has 2 fully saturated rings. The predicted molar refractivity (Wildman–Crippen MR) is 292 cm³/mol. The van der Waals surface area contributed by atoms with Gasteiger partial charge in [-0.15, -0.1) is 0 Å². The number of rotatable bonds is 23. The molecule has 3 heterocycles. The number of hydrogen-bond acceptors (Lipinski definition) is 16. The number of fused-ring (bicyclic) bond motifs is 1. The van der Waals surface area contributed by atoms with Gasteiger partial charge in [-0.3, -0.25) is 62.9 Å². The Bertz CT molecular complexity index is 2970. The summed E-state index contributed by atoms with van der Waals surface area (Å²) < 4.78 is 33.8. The summed E-state index contributed by atoms with van der Waals surface area (Å²) in [5.74, 6) is -9.46. The van der Waals surface area contributed by atoms with Gasteiger partial charge in [0.1, 0.15) is 17.8 Å². The van der Waals surface area contributed by atoms with Crippen LogP contribution in [0.1, 0.15) is 47.2 Å². The second-order valence-corrected chi connectivity index (χ2v) is 20.1. The lowest BCUT2D eigenvalue weighted by Crippen LogP contribution is -2.49. The molecule has 24 nitrogen and oxygen atoms in total. The number of nitrogens with zero attached hydrogens (tertiary/aromatic N) is 7. The zero-order valence-electron chi connectivity index (χ0n) is 45.1. The molecule has 3 aromatic carbocycles. The van der Waals surface area contributed by atoms with Crippen molar-refractivity contribution in [1.82, 2.24) is 45.4 Å². The minimum Gasteiger partial charge on any atom is -0.484 e. The number of nitrogens with two attached hydrogens (primary N) is 1. The number of aryl methyl sites for hydroxylation is 2. The van der Waals surface area contributed by atoms with Crippen LogP contribution in [-0.4, -0.2) is 215 Å². The molecule has 0 saturated carbocycles. The first-order chi connectivity index (χ1) is 38.6. The van der Waals surface area contributed by atoms with Crippen LogP contribution in [0.15, 0.2) is 66.9 Å². The molecular weight excluding hydrogens is 1060 g/mol. The van der Waals surface area contributed by atoms with Crippen molar-refractivity contribution in [2.75, 3.05) is 116 Å². The molecule has 0 spiro atoms. The fraction of sp³-hybridized carbons (Fsp3) is 0.455. The topological polar surface area (TPSA) is 333 Å². The van der Waals surface area contributed by atoms with Crippen molar-refractivity contribution in [3.63, 3.8) is 0 Å². The van der Waals surface area contributed by atoms with E-state index in [1.54, 1.807) is 31.7 Å². The number of aliphatic carboxylic acids is 3. The van der Waals surface area contributed by atoms with E-state index >= 15 is 0 Å². The molecular formula is C55H68F2N12O12. The van der Waals surface area contributed by atoms with Crippen molar-refractivity contribution in [3.8, 4) is 22.9 Å². The largest absolute Gasteiger partial charge is 0.484 e. The van der Waals surface area contributed by atoms with E-state index in [1.165, 1.54) is 30.5 Å². The second kappa shape index (κ2) is 29.2. The number of amides is 5. The molecule has 2 unspecified atom stereocenters. The van der Waals surface area contributed by atoms with E-state index in [-0.39, 0.29) is 114 Å². The number of carboxylic acid groups (broad SMARTS) is 3. The molecule has 434 valence electrons. The van der Waals surface area contributed by atoms with Crippen LogP contribution in [0.25, 0.3) is 22.0 Å². The number of halogens is 2. The minimum absolute atomic E-state index is 0.0578. The molecule has 0 radical (unpaired) electrons. The maximum absolute atomic E-state index is 14.1. The fourth-order valence-corrected chi connectivity index (χ4v) is 9.42. The van der Waals surface area contributed by atoms with Gasteiger partial charge >= 0.3 is 17.9 Å². The smallest absolute Gasteiger partial charge is 0.317 e. The maximum Gasteiger partial charge on any atom is 0.317 e. The van der Waals surface area contributed by atoms with Crippen molar-refractivity contribution in [3.05, 3.63) is 83.6 Å². The van der Waals surface area contributed by atoms with E-state index < -0.39 is 85.7 Å². The Kier molecular flexibility index (Phi) is 22.3. The maximum atomic E-state index is 14.1. The number of unbranched alkanes of at least 4 members (excludes halogenated alkanes) is 1. The number of anilines is 2. The molecule has 26 heteroatoms. The number of nitrogens with one attached hydrogen (secondary N) is 4. The first kappa shape index (κ1) is 61.8. The van der Waals surface area contributed by atoms with Crippen LogP contribution in [0.5, 0.6) is 5.75 Å². The van der Waals surface area contributed by atoms with Gasteiger partial charge in [0.25, 0.3) is 17.7 Å². The molecule has 9 N–H and O–H groups in total. The first-order valence-corrected chi connectivity index (χ1v) is 26.3. The summed E-state index contributed by atoms with van der Waals surface area (Å²) in [5.41, 5.74) is 11.1. The van der Waals surface area contributed by atoms with Crippen LogP contribution >= 0.6 is 0 Å². The molecule has 81 heavy (non-hydrogen) atoms. The molecule has 0 bridgehead atoms. The van der Waals surface area contributed by atoms with Gasteiger partial charge in [-0.25, -0.2) is 8.78 Å². The highest BCUT2D eigenvalue weighted by atomic mass is 19.3. The van der Waals surface area contributed by atoms with Crippen molar-refractivity contribution < 1.29 is 67.2 Å². The Morgan fingerprint density at radius 2 is 1.33 bits per heavy atom. The molecule has 2 saturated heterocycles. The highest BCUT2D eigenvalue weighted by Crippen LogP contribution is 2.32. The Morgan fingerprint density at radius 1 is 0.753 bits per heavy atom. The summed E-state index contributed by atoms with van der Waals surface area (Å²) in [7, 11) is 0. The molecule has 2 atom stereocenters. The molecule has 1 aromatic heterocycles. The summed E-state index contributed by atoms with van der Waals surface area (Å²) in [6, 6.07) is 16.3. The summed E-state index contributed by atoms with van der Waals surface area (Å²) in [6.45, 7) is 2.62. The lowest BCUT2D eigenvalue weighted by atomic mass is 10.00. The standard InChI is InChI=1S/C55H68F2N12O12/c1-35-23-37(6-9-43(35)59)38-7-10-44(36(2)24-38)64-54(80)46(5-3-4-13-61-47(70)29-65-15-17-66(30-50(73)74)19-21-68(32-52(77)78)22-20-67(18-16-65)31-51(75)76)63-48(71)33-81-40-8-11-45-42(25-40)41(12-14-60-45)53(79)62-28-49(72)69-34-55(56,57)26-39(69)27-58/h6-12,14,23-25,39,46H,3-5,13,15-22,26,28-34,59H2,1-2H3,(H,61,70)(H,62,79)(H,63,71)(H,64,80)(H,73,74)(H,75,76)(H,77,78). The van der Waals surface area contributed by atoms with Gasteiger partial charge < -0.3 is 52.0 Å². The number of nitrogen functional groups attached to an aromatic ring is 1. The van der Waals surface area contributed by atoms with Gasteiger partial charge in [0.2, 0.25) is 17.7 Å². The zero-order chi connectivity index (χ0) is 58.8. The molecule has 0 aliphatic carbocycles. The number of carboxylic acids is 3. The van der Waals surface area contributed by atoms with Gasteiger partial charge in [0, 0.05) is 88.3 Å². The summed E-state index contributed by atoms with van der Waals surface area (Å²) in [6.07, 6.45) is 1.42. The Hall–Kier alpha value is -8.38. The van der Waals surface area contributed by atoms with Gasteiger partial charge in [-0.1, -0.05) is 12.1 Å². The van der Waals surface area contributed by atoms with Crippen LogP contribution in [0.3, 0.4) is 0 Å². The number of carbonyl (C=O) groups is 8. The highest BCUT2D eigenvalue weighted by molar-refractivity contribution is 6.07. The Labute approximate surface area is 466 Å². The van der Waals surface area contributed by atoms with E-state index in [9.17, 15) is 67.7 Å². The first-order valence-electron chi connectivity index (χ1n) is 26.3. The SMILES string of the molecule is Cc1cc(-c2ccc(NC(=O)C(CCCCNC(=O)CN3CCN(CC(=O)O)CCN(CC(=O)O)CCN(CC(=O)O)CC3)NC(=O)COc3ccc4nccc(C(=O)NCC(=O)N5CC(F)(F)CC5C#N)c4c3)c(C)c2)ccc1N. The lowest BCUT2D eigenvalue weighted by molar-refractivity contribution is -0.140. The number of alkyl halides is 2. The van der Waals surface area contributed by atoms with E-state index in [0.29, 0.717) is 29.7 Å². The Balaban J connectivity index is 1.08. The normalized spacial score (nSPS) is 16.9. The van der Waals surface area contributed by atoms with Crippen molar-refractivity contribution >= 4 is 69.7 Å². The average molecular weight is 1130 g/mol.